The van der Waals surface area contributed by atoms with Crippen molar-refractivity contribution < 1.29 is 17.9 Å². The van der Waals surface area contributed by atoms with Gasteiger partial charge in [-0.25, -0.2) is 13.8 Å². The van der Waals surface area contributed by atoms with Crippen LogP contribution in [0.3, 0.4) is 0 Å². The van der Waals surface area contributed by atoms with Crippen molar-refractivity contribution in [3.63, 3.8) is 0 Å². The van der Waals surface area contributed by atoms with Gasteiger partial charge in [-0.2, -0.15) is 5.10 Å². The lowest BCUT2D eigenvalue weighted by Gasteiger charge is -2.27. The van der Waals surface area contributed by atoms with Gasteiger partial charge >= 0.3 is 0 Å². The minimum atomic E-state index is -3.73. The van der Waals surface area contributed by atoms with Crippen molar-refractivity contribution >= 4 is 27.8 Å². The van der Waals surface area contributed by atoms with Gasteiger partial charge in [-0.1, -0.05) is 12.1 Å². The first-order valence-corrected chi connectivity index (χ1v) is 12.6. The number of anilines is 1. The average molecular weight is 483 g/mol. The Morgan fingerprint density at radius 1 is 1.12 bits per heavy atom. The molecule has 0 aliphatic carbocycles. The molecule has 0 aliphatic heterocycles. The fourth-order valence-electron chi connectivity index (χ4n) is 3.88. The lowest BCUT2D eigenvalue weighted by Crippen LogP contribution is -2.46. The lowest BCUT2D eigenvalue weighted by atomic mass is 10.2. The molecule has 0 spiro atoms. The minimum absolute atomic E-state index is 0.358. The Morgan fingerprint density at radius 2 is 1.79 bits per heavy atom. The third-order valence-corrected chi connectivity index (χ3v) is 6.77. The predicted octanol–water partition coefficient (Wildman–Crippen LogP) is 3.72. The van der Waals surface area contributed by atoms with Crippen molar-refractivity contribution in [2.75, 3.05) is 17.7 Å². The molecule has 0 saturated carbocycles. The Labute approximate surface area is 200 Å². The molecule has 0 saturated heterocycles. The summed E-state index contributed by atoms with van der Waals surface area (Å²) in [6.45, 7) is 7.55. The highest BCUT2D eigenvalue weighted by atomic mass is 32.2. The summed E-state index contributed by atoms with van der Waals surface area (Å²) in [5.41, 5.74) is 7.90. The lowest BCUT2D eigenvalue weighted by molar-refractivity contribution is -0.121. The van der Waals surface area contributed by atoms with E-state index in [2.05, 4.69) is 21.2 Å². The zero-order chi connectivity index (χ0) is 25.0. The molecule has 0 aliphatic rings. The van der Waals surface area contributed by atoms with Gasteiger partial charge in [0.25, 0.3) is 5.91 Å². The number of ether oxygens (including phenoxy) is 1. The molecule has 180 valence electrons. The highest BCUT2D eigenvalue weighted by molar-refractivity contribution is 7.92. The number of aromatic nitrogens is 1. The summed E-state index contributed by atoms with van der Waals surface area (Å²) in [5.74, 6) is 0.0344. The Bertz CT molecular complexity index is 1310. The van der Waals surface area contributed by atoms with Gasteiger partial charge in [0.15, 0.2) is 0 Å². The smallest absolute Gasteiger partial charge is 0.263 e. The number of carbonyl (C=O) groups excluding carboxylic acids is 1. The maximum atomic E-state index is 12.8. The number of methoxy groups -OCH3 is 1. The van der Waals surface area contributed by atoms with Gasteiger partial charge in [0.1, 0.15) is 11.8 Å². The zero-order valence-corrected chi connectivity index (χ0v) is 21.1. The van der Waals surface area contributed by atoms with Crippen LogP contribution in [0.5, 0.6) is 5.75 Å². The van der Waals surface area contributed by atoms with Crippen LogP contribution < -0.4 is 14.5 Å². The summed E-state index contributed by atoms with van der Waals surface area (Å²) in [7, 11) is -2.20. The van der Waals surface area contributed by atoms with Crippen molar-refractivity contribution in [1.29, 1.82) is 0 Å². The number of hydrogen-bond acceptors (Lipinski definition) is 5. The summed E-state index contributed by atoms with van der Waals surface area (Å²) in [6.07, 6.45) is 2.63. The van der Waals surface area contributed by atoms with E-state index in [-0.39, 0.29) is 0 Å². The number of sulfonamides is 1. The van der Waals surface area contributed by atoms with Crippen LogP contribution in [-0.4, -0.2) is 44.5 Å². The number of benzene rings is 2. The van der Waals surface area contributed by atoms with E-state index in [4.69, 9.17) is 4.74 Å². The van der Waals surface area contributed by atoms with Crippen LogP contribution in [0.15, 0.2) is 59.7 Å². The van der Waals surface area contributed by atoms with E-state index in [1.807, 2.05) is 45.0 Å². The molecule has 3 rings (SSSR count). The predicted molar refractivity (Wildman–Crippen MR) is 135 cm³/mol. The average Bonchev–Trinajstić information content (AvgIpc) is 3.06. The standard InChI is InChI=1S/C25H30N4O4S/c1-17-8-7-9-23(14-17)28-18(2)15-21(19(28)3)16-26-27-25(30)20(4)29(34(6,31)32)22-10-12-24(33-5)13-11-22/h7-16,20H,1-6H3,(H,27,30)/b26-16+. The fourth-order valence-corrected chi connectivity index (χ4v) is 5.05. The topological polar surface area (TPSA) is 93.0 Å². The molecule has 1 heterocycles. The number of hydrazone groups is 1. The normalized spacial score (nSPS) is 12.5. The molecular weight excluding hydrogens is 452 g/mol. The molecule has 2 aromatic carbocycles. The molecular formula is C25H30N4O4S. The SMILES string of the molecule is COc1ccc(N(C(C)C(=O)N/N=C/c2cc(C)n(-c3cccc(C)c3)c2C)S(C)(=O)=O)cc1. The Balaban J connectivity index is 1.79. The van der Waals surface area contributed by atoms with E-state index in [0.717, 1.165) is 38.8 Å². The summed E-state index contributed by atoms with van der Waals surface area (Å²) in [5, 5.41) is 4.10. The van der Waals surface area contributed by atoms with Gasteiger partial charge in [-0.3, -0.25) is 9.10 Å². The Morgan fingerprint density at radius 3 is 2.38 bits per heavy atom. The van der Waals surface area contributed by atoms with Crippen LogP contribution >= 0.6 is 0 Å². The van der Waals surface area contributed by atoms with Crippen LogP contribution in [0.1, 0.15) is 29.4 Å². The number of nitrogens with zero attached hydrogens (tertiary/aromatic N) is 3. The number of hydrogen-bond donors (Lipinski definition) is 1. The van der Waals surface area contributed by atoms with Crippen molar-refractivity contribution in [3.05, 3.63) is 77.1 Å². The summed E-state index contributed by atoms with van der Waals surface area (Å²) in [4.78, 5) is 12.8. The molecule has 0 radical (unpaired) electrons. The van der Waals surface area contributed by atoms with Crippen LogP contribution in [-0.2, 0) is 14.8 Å². The number of amides is 1. The molecule has 0 fully saturated rings. The second-order valence-corrected chi connectivity index (χ2v) is 10.0. The molecule has 1 amide bonds. The molecule has 3 aromatic rings. The van der Waals surface area contributed by atoms with Crippen molar-refractivity contribution in [2.45, 2.75) is 33.7 Å². The van der Waals surface area contributed by atoms with Crippen LogP contribution in [0.25, 0.3) is 5.69 Å². The first kappa shape index (κ1) is 25.0. The molecule has 1 atom stereocenters. The third kappa shape index (κ3) is 5.48. The molecule has 1 aromatic heterocycles. The Kier molecular flexibility index (Phi) is 7.46. The van der Waals surface area contributed by atoms with E-state index >= 15 is 0 Å². The number of rotatable bonds is 8. The van der Waals surface area contributed by atoms with Gasteiger partial charge < -0.3 is 9.30 Å². The van der Waals surface area contributed by atoms with Crippen molar-refractivity contribution in [2.24, 2.45) is 5.10 Å². The van der Waals surface area contributed by atoms with E-state index in [1.165, 1.54) is 14.0 Å². The number of carbonyl (C=O) groups is 1. The molecule has 34 heavy (non-hydrogen) atoms. The second kappa shape index (κ2) is 10.1. The highest BCUT2D eigenvalue weighted by Crippen LogP contribution is 2.24. The van der Waals surface area contributed by atoms with E-state index in [9.17, 15) is 13.2 Å². The number of nitrogens with one attached hydrogen (secondary N) is 1. The molecule has 1 unspecified atom stereocenters. The maximum Gasteiger partial charge on any atom is 0.263 e. The second-order valence-electron chi connectivity index (χ2n) is 8.17. The number of aryl methyl sites for hydroxylation is 2. The summed E-state index contributed by atoms with van der Waals surface area (Å²) < 4.78 is 33.2. The van der Waals surface area contributed by atoms with Gasteiger partial charge in [-0.15, -0.1) is 0 Å². The molecule has 9 heteroatoms. The summed E-state index contributed by atoms with van der Waals surface area (Å²) in [6, 6.07) is 15.6. The van der Waals surface area contributed by atoms with Gasteiger partial charge in [-0.05, 0) is 75.7 Å². The quantitative estimate of drug-likeness (QED) is 0.391. The van der Waals surface area contributed by atoms with Crippen LogP contribution in [0.2, 0.25) is 0 Å². The van der Waals surface area contributed by atoms with Gasteiger partial charge in [0.05, 0.1) is 25.3 Å². The Hall–Kier alpha value is -3.59. The highest BCUT2D eigenvalue weighted by Gasteiger charge is 2.29. The maximum absolute atomic E-state index is 12.8. The largest absolute Gasteiger partial charge is 0.497 e. The van der Waals surface area contributed by atoms with Gasteiger partial charge in [0, 0.05) is 22.6 Å². The van der Waals surface area contributed by atoms with E-state index < -0.39 is 22.0 Å². The van der Waals surface area contributed by atoms with Gasteiger partial charge in [0.2, 0.25) is 10.0 Å². The zero-order valence-electron chi connectivity index (χ0n) is 20.2. The minimum Gasteiger partial charge on any atom is -0.497 e. The molecule has 1 N–H and O–H groups in total. The van der Waals surface area contributed by atoms with E-state index in [1.54, 1.807) is 30.5 Å². The van der Waals surface area contributed by atoms with E-state index in [0.29, 0.717) is 11.4 Å². The monoisotopic (exact) mass is 482 g/mol. The van der Waals surface area contributed by atoms with Crippen LogP contribution in [0.4, 0.5) is 5.69 Å². The first-order valence-electron chi connectivity index (χ1n) is 10.7. The molecule has 8 nitrogen and oxygen atoms in total. The van der Waals surface area contributed by atoms with Crippen LogP contribution in [0, 0.1) is 20.8 Å². The first-order chi connectivity index (χ1) is 16.0. The van der Waals surface area contributed by atoms with Crippen molar-refractivity contribution in [1.82, 2.24) is 9.99 Å². The fraction of sp³-hybridized carbons (Fsp3) is 0.280. The van der Waals surface area contributed by atoms with Crippen molar-refractivity contribution in [3.8, 4) is 11.4 Å². The summed E-state index contributed by atoms with van der Waals surface area (Å²) >= 11 is 0. The third-order valence-electron chi connectivity index (χ3n) is 5.52. The molecule has 0 bridgehead atoms.